The van der Waals surface area contributed by atoms with Gasteiger partial charge in [0.15, 0.2) is 0 Å². The Hall–Kier alpha value is -1.75. The van der Waals surface area contributed by atoms with Crippen molar-refractivity contribution in [2.45, 2.75) is 46.7 Å². The van der Waals surface area contributed by atoms with Crippen molar-refractivity contribution in [2.24, 2.45) is 5.41 Å². The van der Waals surface area contributed by atoms with E-state index in [-0.39, 0.29) is 17.0 Å². The molecule has 0 aromatic heterocycles. The minimum absolute atomic E-state index is 0.0555. The van der Waals surface area contributed by atoms with Crippen LogP contribution in [0.25, 0.3) is 0 Å². The summed E-state index contributed by atoms with van der Waals surface area (Å²) in [5.41, 5.74) is 0.579. The highest BCUT2D eigenvalue weighted by atomic mass is 16.5. The lowest BCUT2D eigenvalue weighted by Crippen LogP contribution is -2.56. The van der Waals surface area contributed by atoms with E-state index in [1.54, 1.807) is 19.1 Å². The lowest BCUT2D eigenvalue weighted by atomic mass is 9.76. The van der Waals surface area contributed by atoms with Crippen molar-refractivity contribution >= 4 is 6.03 Å². The van der Waals surface area contributed by atoms with Crippen LogP contribution >= 0.6 is 0 Å². The van der Waals surface area contributed by atoms with Crippen LogP contribution in [0.3, 0.4) is 0 Å². The van der Waals surface area contributed by atoms with Gasteiger partial charge < -0.3 is 19.7 Å². The van der Waals surface area contributed by atoms with Crippen molar-refractivity contribution in [1.82, 2.24) is 10.2 Å². The molecule has 0 fully saturated rings. The number of carbonyl (C=O) groups is 1. The first-order valence-corrected chi connectivity index (χ1v) is 8.30. The van der Waals surface area contributed by atoms with E-state index in [2.05, 4.69) is 26.1 Å². The summed E-state index contributed by atoms with van der Waals surface area (Å²) in [6, 6.07) is 7.65. The Labute approximate surface area is 146 Å². The molecule has 24 heavy (non-hydrogen) atoms. The molecular formula is C19H32N2O3. The predicted octanol–water partition coefficient (Wildman–Crippen LogP) is 3.68. The van der Waals surface area contributed by atoms with Crippen molar-refractivity contribution in [3.63, 3.8) is 0 Å². The Morgan fingerprint density at radius 3 is 2.29 bits per heavy atom. The maximum Gasteiger partial charge on any atom is 0.318 e. The van der Waals surface area contributed by atoms with Gasteiger partial charge in [-0.05, 0) is 25.3 Å². The SMILES string of the molecule is COCCN(Cc1ccccc1OC)C(=O)NC(C)(C)C(C)(C)C. The highest BCUT2D eigenvalue weighted by molar-refractivity contribution is 5.75. The van der Waals surface area contributed by atoms with E-state index in [4.69, 9.17) is 9.47 Å². The number of carbonyl (C=O) groups excluding carboxylic acids is 1. The van der Waals surface area contributed by atoms with Crippen LogP contribution in [0.5, 0.6) is 5.75 Å². The Balaban J connectivity index is 2.94. The van der Waals surface area contributed by atoms with Crippen LogP contribution in [-0.2, 0) is 11.3 Å². The van der Waals surface area contributed by atoms with E-state index >= 15 is 0 Å². The summed E-state index contributed by atoms with van der Waals surface area (Å²) in [5, 5.41) is 3.15. The van der Waals surface area contributed by atoms with Crippen LogP contribution in [0.2, 0.25) is 0 Å². The fourth-order valence-electron chi connectivity index (χ4n) is 2.03. The van der Waals surface area contributed by atoms with Gasteiger partial charge in [0.25, 0.3) is 0 Å². The molecule has 0 heterocycles. The van der Waals surface area contributed by atoms with Gasteiger partial charge in [-0.2, -0.15) is 0 Å². The molecule has 2 amide bonds. The van der Waals surface area contributed by atoms with Crippen LogP contribution in [0.15, 0.2) is 24.3 Å². The molecule has 5 heteroatoms. The third-order valence-corrected chi connectivity index (χ3v) is 4.70. The zero-order valence-electron chi connectivity index (χ0n) is 16.1. The first kappa shape index (κ1) is 20.3. The second-order valence-corrected chi connectivity index (χ2v) is 7.53. The van der Waals surface area contributed by atoms with Crippen LogP contribution in [-0.4, -0.2) is 43.8 Å². The molecule has 1 rings (SSSR count). The summed E-state index contributed by atoms with van der Waals surface area (Å²) >= 11 is 0. The topological polar surface area (TPSA) is 50.8 Å². The van der Waals surface area contributed by atoms with Gasteiger partial charge in [-0.25, -0.2) is 4.79 Å². The van der Waals surface area contributed by atoms with Gasteiger partial charge in [0.05, 0.1) is 20.3 Å². The number of benzene rings is 1. The number of urea groups is 1. The summed E-state index contributed by atoms with van der Waals surface area (Å²) in [6.45, 7) is 11.9. The summed E-state index contributed by atoms with van der Waals surface area (Å²) < 4.78 is 10.6. The van der Waals surface area contributed by atoms with Gasteiger partial charge in [-0.3, -0.25) is 0 Å². The molecule has 0 aliphatic heterocycles. The van der Waals surface area contributed by atoms with Crippen molar-refractivity contribution in [1.29, 1.82) is 0 Å². The average molecular weight is 336 g/mol. The van der Waals surface area contributed by atoms with E-state index in [0.717, 1.165) is 11.3 Å². The first-order chi connectivity index (χ1) is 11.1. The smallest absolute Gasteiger partial charge is 0.318 e. The van der Waals surface area contributed by atoms with Crippen LogP contribution in [0.1, 0.15) is 40.2 Å². The first-order valence-electron chi connectivity index (χ1n) is 8.30. The largest absolute Gasteiger partial charge is 0.496 e. The molecule has 0 aliphatic carbocycles. The second kappa shape index (κ2) is 8.38. The highest BCUT2D eigenvalue weighted by Crippen LogP contribution is 2.29. The molecule has 0 saturated heterocycles. The Morgan fingerprint density at radius 2 is 1.75 bits per heavy atom. The lowest BCUT2D eigenvalue weighted by molar-refractivity contribution is 0.125. The zero-order chi connectivity index (χ0) is 18.4. The number of nitrogens with one attached hydrogen (secondary N) is 1. The minimum atomic E-state index is -0.337. The summed E-state index contributed by atoms with van der Waals surface area (Å²) in [5.74, 6) is 0.780. The highest BCUT2D eigenvalue weighted by Gasteiger charge is 2.35. The molecule has 1 aromatic carbocycles. The molecule has 136 valence electrons. The molecule has 0 spiro atoms. The lowest BCUT2D eigenvalue weighted by Gasteiger charge is -2.41. The molecule has 0 unspecified atom stereocenters. The molecule has 1 N–H and O–H groups in total. The van der Waals surface area contributed by atoms with E-state index in [1.807, 2.05) is 38.1 Å². The summed E-state index contributed by atoms with van der Waals surface area (Å²) in [6.07, 6.45) is 0. The molecule has 5 nitrogen and oxygen atoms in total. The monoisotopic (exact) mass is 336 g/mol. The number of para-hydroxylation sites is 1. The van der Waals surface area contributed by atoms with E-state index < -0.39 is 0 Å². The molecule has 1 aromatic rings. The Morgan fingerprint density at radius 1 is 1.12 bits per heavy atom. The van der Waals surface area contributed by atoms with E-state index in [0.29, 0.717) is 19.7 Å². The van der Waals surface area contributed by atoms with Gasteiger partial charge in [-0.1, -0.05) is 39.0 Å². The van der Waals surface area contributed by atoms with E-state index in [9.17, 15) is 4.79 Å². The van der Waals surface area contributed by atoms with Gasteiger partial charge in [0, 0.05) is 24.8 Å². The third kappa shape index (κ3) is 5.41. The van der Waals surface area contributed by atoms with Crippen LogP contribution < -0.4 is 10.1 Å². The third-order valence-electron chi connectivity index (χ3n) is 4.70. The number of hydrogen-bond donors (Lipinski definition) is 1. The van der Waals surface area contributed by atoms with Gasteiger partial charge >= 0.3 is 6.03 Å². The van der Waals surface area contributed by atoms with Crippen LogP contribution in [0.4, 0.5) is 4.79 Å². The molecule has 0 bridgehead atoms. The molecule has 0 radical (unpaired) electrons. The number of ether oxygens (including phenoxy) is 2. The fraction of sp³-hybridized carbons (Fsp3) is 0.632. The number of amides is 2. The predicted molar refractivity (Wildman–Crippen MR) is 97.3 cm³/mol. The fourth-order valence-corrected chi connectivity index (χ4v) is 2.03. The Kier molecular flexibility index (Phi) is 7.08. The van der Waals surface area contributed by atoms with Crippen molar-refractivity contribution < 1.29 is 14.3 Å². The maximum atomic E-state index is 12.8. The van der Waals surface area contributed by atoms with Crippen molar-refractivity contribution in [3.8, 4) is 5.75 Å². The average Bonchev–Trinajstić information content (AvgIpc) is 2.50. The summed E-state index contributed by atoms with van der Waals surface area (Å²) in [4.78, 5) is 14.6. The molecular weight excluding hydrogens is 304 g/mol. The number of methoxy groups -OCH3 is 2. The van der Waals surface area contributed by atoms with Gasteiger partial charge in [0.2, 0.25) is 0 Å². The van der Waals surface area contributed by atoms with Crippen molar-refractivity contribution in [3.05, 3.63) is 29.8 Å². The van der Waals surface area contributed by atoms with Gasteiger partial charge in [0.1, 0.15) is 5.75 Å². The minimum Gasteiger partial charge on any atom is -0.496 e. The van der Waals surface area contributed by atoms with Crippen LogP contribution in [0, 0.1) is 5.41 Å². The summed E-state index contributed by atoms with van der Waals surface area (Å²) in [7, 11) is 3.28. The quantitative estimate of drug-likeness (QED) is 0.826. The number of rotatable bonds is 7. The second-order valence-electron chi connectivity index (χ2n) is 7.53. The molecule has 0 saturated carbocycles. The van der Waals surface area contributed by atoms with Gasteiger partial charge in [-0.15, -0.1) is 0 Å². The molecule has 0 atom stereocenters. The Bertz CT molecular complexity index is 536. The maximum absolute atomic E-state index is 12.8. The zero-order valence-corrected chi connectivity index (χ0v) is 16.1. The van der Waals surface area contributed by atoms with Crippen molar-refractivity contribution in [2.75, 3.05) is 27.4 Å². The van der Waals surface area contributed by atoms with E-state index in [1.165, 1.54) is 0 Å². The normalized spacial score (nSPS) is 12.0. The number of hydrogen-bond acceptors (Lipinski definition) is 3. The standard InChI is InChI=1S/C19H32N2O3/c1-18(2,3)19(4,5)20-17(22)21(12-13-23-6)14-15-10-8-9-11-16(15)24-7/h8-11H,12-14H2,1-7H3,(H,20,22). The molecule has 0 aliphatic rings. The number of nitrogens with zero attached hydrogens (tertiary/aromatic N) is 1.